The Morgan fingerprint density at radius 2 is 1.83 bits per heavy atom. The molecule has 0 aromatic heterocycles. The molecule has 2 N–H and O–H groups in total. The summed E-state index contributed by atoms with van der Waals surface area (Å²) in [5.74, 6) is 0. The number of sulfonamides is 1. The number of carbonyl (C=O) groups is 1. The summed E-state index contributed by atoms with van der Waals surface area (Å²) < 4.78 is 25.8. The van der Waals surface area contributed by atoms with Crippen molar-refractivity contribution < 1.29 is 13.2 Å². The van der Waals surface area contributed by atoms with Crippen LogP contribution in [-0.4, -0.2) is 20.5 Å². The monoisotopic (exact) mass is 268 g/mol. The van der Waals surface area contributed by atoms with Crippen molar-refractivity contribution in [3.05, 3.63) is 29.8 Å². The van der Waals surface area contributed by atoms with Gasteiger partial charge in [-0.25, -0.2) is 17.9 Å². The van der Waals surface area contributed by atoms with Crippen LogP contribution in [0.1, 0.15) is 24.8 Å². The second-order valence-electron chi connectivity index (χ2n) is 4.52. The predicted molar refractivity (Wildman–Crippen MR) is 67.7 cm³/mol. The summed E-state index contributed by atoms with van der Waals surface area (Å²) in [6, 6.07) is 5.80. The first-order chi connectivity index (χ1) is 8.47. The minimum Gasteiger partial charge on any atom is -0.335 e. The molecule has 1 saturated carbocycles. The highest BCUT2D eigenvalue weighted by Crippen LogP contribution is 2.18. The van der Waals surface area contributed by atoms with Crippen LogP contribution in [0.2, 0.25) is 0 Å². The fourth-order valence-electron chi connectivity index (χ4n) is 1.67. The van der Waals surface area contributed by atoms with E-state index in [2.05, 4.69) is 5.32 Å². The molecule has 2 amide bonds. The van der Waals surface area contributed by atoms with Crippen molar-refractivity contribution in [2.75, 3.05) is 0 Å². The molecule has 0 bridgehead atoms. The molecule has 0 aliphatic heterocycles. The van der Waals surface area contributed by atoms with Gasteiger partial charge >= 0.3 is 6.03 Å². The van der Waals surface area contributed by atoms with Crippen molar-refractivity contribution in [2.24, 2.45) is 0 Å². The van der Waals surface area contributed by atoms with Crippen molar-refractivity contribution in [1.29, 1.82) is 0 Å². The van der Waals surface area contributed by atoms with Crippen LogP contribution in [0.3, 0.4) is 0 Å². The molecule has 0 heterocycles. The van der Waals surface area contributed by atoms with Gasteiger partial charge in [-0.1, -0.05) is 17.7 Å². The molecule has 0 saturated heterocycles. The van der Waals surface area contributed by atoms with Gasteiger partial charge in [0.1, 0.15) is 0 Å². The number of hydrogen-bond acceptors (Lipinski definition) is 3. The Hall–Kier alpha value is -1.56. The first-order valence-electron chi connectivity index (χ1n) is 5.87. The molecule has 0 radical (unpaired) electrons. The smallest absolute Gasteiger partial charge is 0.328 e. The molecular weight excluding hydrogens is 252 g/mol. The van der Waals surface area contributed by atoms with Gasteiger partial charge < -0.3 is 5.32 Å². The third-order valence-electron chi connectivity index (χ3n) is 3.00. The highest BCUT2D eigenvalue weighted by Gasteiger charge is 2.22. The topological polar surface area (TPSA) is 75.3 Å². The Kier molecular flexibility index (Phi) is 3.56. The van der Waals surface area contributed by atoms with Crippen LogP contribution in [0, 0.1) is 6.92 Å². The zero-order chi connectivity index (χ0) is 13.2. The first kappa shape index (κ1) is 12.9. The summed E-state index contributed by atoms with van der Waals surface area (Å²) in [6.07, 6.45) is 2.91. The molecule has 0 spiro atoms. The summed E-state index contributed by atoms with van der Waals surface area (Å²) in [4.78, 5) is 11.6. The molecule has 1 aromatic carbocycles. The van der Waals surface area contributed by atoms with Gasteiger partial charge in [0.25, 0.3) is 10.0 Å². The summed E-state index contributed by atoms with van der Waals surface area (Å²) in [5.41, 5.74) is 0.966. The quantitative estimate of drug-likeness (QED) is 0.873. The third-order valence-corrected chi connectivity index (χ3v) is 4.35. The molecule has 5 nitrogen and oxygen atoms in total. The van der Waals surface area contributed by atoms with Crippen LogP contribution in [0.25, 0.3) is 0 Å². The zero-order valence-corrected chi connectivity index (χ0v) is 11.0. The number of urea groups is 1. The van der Waals surface area contributed by atoms with Gasteiger partial charge in [0, 0.05) is 6.04 Å². The lowest BCUT2D eigenvalue weighted by Gasteiger charge is -2.26. The number of nitrogens with one attached hydrogen (secondary N) is 2. The average molecular weight is 268 g/mol. The van der Waals surface area contributed by atoms with E-state index in [1.54, 1.807) is 12.1 Å². The Balaban J connectivity index is 2.02. The normalized spacial score (nSPS) is 15.8. The molecule has 1 aromatic rings. The van der Waals surface area contributed by atoms with Crippen molar-refractivity contribution in [1.82, 2.24) is 10.0 Å². The minimum absolute atomic E-state index is 0.0943. The average Bonchev–Trinajstić information content (AvgIpc) is 2.23. The standard InChI is InChI=1S/C12H16N2O3S/c1-9-5-7-11(8-6-9)18(16,17)14-12(15)13-10-3-2-4-10/h5-8,10H,2-4H2,1H3,(H2,13,14,15). The van der Waals surface area contributed by atoms with Crippen LogP contribution in [0.4, 0.5) is 4.79 Å². The fourth-order valence-corrected chi connectivity index (χ4v) is 2.58. The second kappa shape index (κ2) is 4.97. The van der Waals surface area contributed by atoms with Gasteiger partial charge in [0.15, 0.2) is 0 Å². The highest BCUT2D eigenvalue weighted by atomic mass is 32.2. The SMILES string of the molecule is Cc1ccc(S(=O)(=O)NC(=O)NC2CCC2)cc1. The summed E-state index contributed by atoms with van der Waals surface area (Å²) >= 11 is 0. The van der Waals surface area contributed by atoms with Crippen molar-refractivity contribution >= 4 is 16.1 Å². The van der Waals surface area contributed by atoms with Crippen LogP contribution >= 0.6 is 0 Å². The van der Waals surface area contributed by atoms with E-state index >= 15 is 0 Å². The minimum atomic E-state index is -3.77. The predicted octanol–water partition coefficient (Wildman–Crippen LogP) is 1.54. The molecular formula is C12H16N2O3S. The van der Waals surface area contributed by atoms with Crippen molar-refractivity contribution in [2.45, 2.75) is 37.1 Å². The van der Waals surface area contributed by atoms with E-state index in [4.69, 9.17) is 0 Å². The molecule has 1 aliphatic rings. The van der Waals surface area contributed by atoms with E-state index in [-0.39, 0.29) is 10.9 Å². The Bertz CT molecular complexity index is 533. The lowest BCUT2D eigenvalue weighted by molar-refractivity contribution is 0.233. The maximum absolute atomic E-state index is 11.9. The third kappa shape index (κ3) is 3.01. The van der Waals surface area contributed by atoms with Gasteiger partial charge in [0.2, 0.25) is 0 Å². The van der Waals surface area contributed by atoms with Gasteiger partial charge in [-0.15, -0.1) is 0 Å². The number of hydrogen-bond donors (Lipinski definition) is 2. The molecule has 2 rings (SSSR count). The molecule has 0 unspecified atom stereocenters. The largest absolute Gasteiger partial charge is 0.335 e. The van der Waals surface area contributed by atoms with Gasteiger partial charge in [-0.05, 0) is 38.3 Å². The van der Waals surface area contributed by atoms with E-state index in [9.17, 15) is 13.2 Å². The number of amides is 2. The number of rotatable bonds is 3. The summed E-state index contributed by atoms with van der Waals surface area (Å²) in [6.45, 7) is 1.87. The van der Waals surface area contributed by atoms with Crippen molar-refractivity contribution in [3.8, 4) is 0 Å². The Labute approximate surface area is 107 Å². The van der Waals surface area contributed by atoms with Crippen LogP contribution < -0.4 is 10.0 Å². The van der Waals surface area contributed by atoms with Crippen molar-refractivity contribution in [3.63, 3.8) is 0 Å². The number of carbonyl (C=O) groups excluding carboxylic acids is 1. The molecule has 98 valence electrons. The van der Waals surface area contributed by atoms with E-state index in [1.807, 2.05) is 11.6 Å². The van der Waals surface area contributed by atoms with E-state index in [0.29, 0.717) is 0 Å². The maximum atomic E-state index is 11.9. The van der Waals surface area contributed by atoms with E-state index in [1.165, 1.54) is 12.1 Å². The molecule has 1 fully saturated rings. The lowest BCUT2D eigenvalue weighted by Crippen LogP contribution is -2.46. The molecule has 6 heteroatoms. The summed E-state index contributed by atoms with van der Waals surface area (Å²) in [5, 5.41) is 2.62. The lowest BCUT2D eigenvalue weighted by atomic mass is 9.93. The second-order valence-corrected chi connectivity index (χ2v) is 6.20. The van der Waals surface area contributed by atoms with Gasteiger partial charge in [-0.3, -0.25) is 0 Å². The zero-order valence-electron chi connectivity index (χ0n) is 10.1. The van der Waals surface area contributed by atoms with Gasteiger partial charge in [0.05, 0.1) is 4.90 Å². The summed E-state index contributed by atoms with van der Waals surface area (Å²) in [7, 11) is -3.77. The molecule has 1 aliphatic carbocycles. The molecule has 0 atom stereocenters. The van der Waals surface area contributed by atoms with Crippen LogP contribution in [-0.2, 0) is 10.0 Å². The first-order valence-corrected chi connectivity index (χ1v) is 7.36. The molecule has 18 heavy (non-hydrogen) atoms. The Morgan fingerprint density at radius 1 is 1.22 bits per heavy atom. The van der Waals surface area contributed by atoms with E-state index < -0.39 is 16.1 Å². The van der Waals surface area contributed by atoms with E-state index in [0.717, 1.165) is 24.8 Å². The van der Waals surface area contributed by atoms with Crippen LogP contribution in [0.5, 0.6) is 0 Å². The van der Waals surface area contributed by atoms with Crippen LogP contribution in [0.15, 0.2) is 29.2 Å². The highest BCUT2D eigenvalue weighted by molar-refractivity contribution is 7.90. The van der Waals surface area contributed by atoms with Gasteiger partial charge in [-0.2, -0.15) is 0 Å². The number of benzene rings is 1. The maximum Gasteiger partial charge on any atom is 0.328 e. The Morgan fingerprint density at radius 3 is 2.33 bits per heavy atom. The number of aryl methyl sites for hydroxylation is 1. The fraction of sp³-hybridized carbons (Fsp3) is 0.417.